The van der Waals surface area contributed by atoms with E-state index >= 15 is 0 Å². The lowest BCUT2D eigenvalue weighted by Gasteiger charge is -2.36. The summed E-state index contributed by atoms with van der Waals surface area (Å²) >= 11 is 0. The Morgan fingerprint density at radius 2 is 2.00 bits per heavy atom. The molecule has 1 aliphatic rings. The van der Waals surface area contributed by atoms with Gasteiger partial charge in [-0.05, 0) is 24.8 Å². The van der Waals surface area contributed by atoms with Crippen LogP contribution in [-0.2, 0) is 9.84 Å². The lowest BCUT2D eigenvalue weighted by molar-refractivity contribution is 0.0694. The molecule has 1 aliphatic carbocycles. The van der Waals surface area contributed by atoms with Crippen LogP contribution in [0.25, 0.3) is 0 Å². The zero-order valence-electron chi connectivity index (χ0n) is 13.7. The third-order valence-corrected chi connectivity index (χ3v) is 6.12. The number of aromatic amines is 1. The van der Waals surface area contributed by atoms with E-state index in [-0.39, 0.29) is 17.9 Å². The van der Waals surface area contributed by atoms with E-state index in [1.165, 1.54) is 6.26 Å². The minimum atomic E-state index is -3.17. The Bertz CT molecular complexity index is 636. The van der Waals surface area contributed by atoms with Gasteiger partial charge < -0.3 is 4.90 Å². The second-order valence-corrected chi connectivity index (χ2v) is 8.76. The number of sulfone groups is 1. The summed E-state index contributed by atoms with van der Waals surface area (Å²) in [6.45, 7) is 4.04. The molecular formula is C15H25N3O3S. The van der Waals surface area contributed by atoms with E-state index in [9.17, 15) is 13.2 Å². The number of amides is 1. The Kier molecular flexibility index (Phi) is 4.94. The van der Waals surface area contributed by atoms with Crippen molar-refractivity contribution < 1.29 is 13.2 Å². The zero-order chi connectivity index (χ0) is 16.5. The number of carbonyl (C=O) groups excluding carboxylic acids is 1. The molecule has 0 bridgehead atoms. The summed E-state index contributed by atoms with van der Waals surface area (Å²) in [4.78, 5) is 14.2. The van der Waals surface area contributed by atoms with Crippen LogP contribution in [0.5, 0.6) is 0 Å². The van der Waals surface area contributed by atoms with Crippen molar-refractivity contribution in [1.82, 2.24) is 15.1 Å². The fraction of sp³-hybridized carbons (Fsp3) is 0.733. The van der Waals surface area contributed by atoms with Crippen LogP contribution in [-0.4, -0.2) is 54.0 Å². The molecule has 1 amide bonds. The third-order valence-electron chi connectivity index (χ3n) is 4.47. The number of hydrogen-bond donors (Lipinski definition) is 1. The molecular weight excluding hydrogens is 302 g/mol. The SMILES string of the molecule is CC(C)c1cc(C(=O)N(C)[C@@H]2CCCC[C@@H]2S(C)(=O)=O)n[nH]1. The second-order valence-electron chi connectivity index (χ2n) is 6.50. The first kappa shape index (κ1) is 17.0. The van der Waals surface area contributed by atoms with E-state index in [1.807, 2.05) is 13.8 Å². The van der Waals surface area contributed by atoms with Crippen molar-refractivity contribution in [2.75, 3.05) is 13.3 Å². The van der Waals surface area contributed by atoms with E-state index in [4.69, 9.17) is 0 Å². The molecule has 2 atom stereocenters. The van der Waals surface area contributed by atoms with Crippen molar-refractivity contribution in [1.29, 1.82) is 0 Å². The minimum absolute atomic E-state index is 0.219. The molecule has 7 heteroatoms. The largest absolute Gasteiger partial charge is 0.336 e. The lowest BCUT2D eigenvalue weighted by Crippen LogP contribution is -2.49. The van der Waals surface area contributed by atoms with Gasteiger partial charge in [-0.1, -0.05) is 26.7 Å². The Morgan fingerprint density at radius 3 is 2.55 bits per heavy atom. The number of carbonyl (C=O) groups is 1. The number of hydrogen-bond acceptors (Lipinski definition) is 4. The molecule has 0 spiro atoms. The van der Waals surface area contributed by atoms with Gasteiger partial charge in [-0.25, -0.2) is 8.42 Å². The van der Waals surface area contributed by atoms with Gasteiger partial charge in [0.15, 0.2) is 9.84 Å². The monoisotopic (exact) mass is 327 g/mol. The Morgan fingerprint density at radius 1 is 1.36 bits per heavy atom. The van der Waals surface area contributed by atoms with Crippen molar-refractivity contribution in [2.45, 2.75) is 56.7 Å². The van der Waals surface area contributed by atoms with Gasteiger partial charge in [-0.3, -0.25) is 9.89 Å². The highest BCUT2D eigenvalue weighted by Gasteiger charge is 2.37. The summed E-state index contributed by atoms with van der Waals surface area (Å²) < 4.78 is 24.0. The molecule has 2 rings (SSSR count). The number of rotatable bonds is 4. The highest BCUT2D eigenvalue weighted by atomic mass is 32.2. The normalized spacial score (nSPS) is 22.8. The predicted octanol–water partition coefficient (Wildman–Crippen LogP) is 1.96. The second kappa shape index (κ2) is 6.40. The maximum Gasteiger partial charge on any atom is 0.274 e. The summed E-state index contributed by atoms with van der Waals surface area (Å²) in [5, 5.41) is 6.47. The number of nitrogens with one attached hydrogen (secondary N) is 1. The van der Waals surface area contributed by atoms with Gasteiger partial charge in [-0.2, -0.15) is 5.10 Å². The summed E-state index contributed by atoms with van der Waals surface area (Å²) in [6.07, 6.45) is 4.46. The molecule has 1 aromatic rings. The molecule has 1 saturated carbocycles. The van der Waals surface area contributed by atoms with Crippen LogP contribution in [0, 0.1) is 0 Å². The average Bonchev–Trinajstić information content (AvgIpc) is 2.95. The van der Waals surface area contributed by atoms with Crippen molar-refractivity contribution in [3.05, 3.63) is 17.5 Å². The third kappa shape index (κ3) is 3.51. The first-order valence-corrected chi connectivity index (χ1v) is 9.68. The fourth-order valence-electron chi connectivity index (χ4n) is 3.09. The van der Waals surface area contributed by atoms with E-state index < -0.39 is 15.1 Å². The minimum Gasteiger partial charge on any atom is -0.336 e. The highest BCUT2D eigenvalue weighted by Crippen LogP contribution is 2.28. The zero-order valence-corrected chi connectivity index (χ0v) is 14.5. The first-order valence-electron chi connectivity index (χ1n) is 7.73. The maximum absolute atomic E-state index is 12.6. The maximum atomic E-state index is 12.6. The Labute approximate surface area is 132 Å². The van der Waals surface area contributed by atoms with Crippen LogP contribution in [0.2, 0.25) is 0 Å². The topological polar surface area (TPSA) is 83.1 Å². The standard InChI is InChI=1S/C15H25N3O3S/c1-10(2)11-9-12(17-16-11)15(19)18(3)13-7-5-6-8-14(13)22(4,20)21/h9-10,13-14H,5-8H2,1-4H3,(H,16,17)/t13-,14+/m1/s1. The molecule has 0 unspecified atom stereocenters. The van der Waals surface area contributed by atoms with Gasteiger partial charge in [0.2, 0.25) is 0 Å². The molecule has 22 heavy (non-hydrogen) atoms. The van der Waals surface area contributed by atoms with Crippen LogP contribution < -0.4 is 0 Å². The van der Waals surface area contributed by atoms with Crippen LogP contribution in [0.3, 0.4) is 0 Å². The quantitative estimate of drug-likeness (QED) is 0.916. The lowest BCUT2D eigenvalue weighted by atomic mass is 9.93. The molecule has 0 saturated heterocycles. The van der Waals surface area contributed by atoms with Gasteiger partial charge in [0.1, 0.15) is 5.69 Å². The molecule has 1 aromatic heterocycles. The van der Waals surface area contributed by atoms with E-state index in [2.05, 4.69) is 10.2 Å². The van der Waals surface area contributed by atoms with Gasteiger partial charge in [0, 0.05) is 25.0 Å². The van der Waals surface area contributed by atoms with Gasteiger partial charge >= 0.3 is 0 Å². The number of H-pyrrole nitrogens is 1. The Balaban J connectivity index is 2.20. The molecule has 0 aromatic carbocycles. The van der Waals surface area contributed by atoms with E-state index in [0.717, 1.165) is 25.0 Å². The van der Waals surface area contributed by atoms with Gasteiger partial charge in [0.25, 0.3) is 5.91 Å². The fourth-order valence-corrected chi connectivity index (χ4v) is 4.58. The summed E-state index contributed by atoms with van der Waals surface area (Å²) in [6, 6.07) is 1.48. The molecule has 0 aliphatic heterocycles. The van der Waals surface area contributed by atoms with Crippen molar-refractivity contribution in [3.63, 3.8) is 0 Å². The van der Waals surface area contributed by atoms with Crippen molar-refractivity contribution in [2.24, 2.45) is 0 Å². The van der Waals surface area contributed by atoms with Gasteiger partial charge in [-0.15, -0.1) is 0 Å². The summed E-state index contributed by atoms with van der Waals surface area (Å²) in [5.41, 5.74) is 1.25. The molecule has 1 heterocycles. The van der Waals surface area contributed by atoms with Crippen LogP contribution >= 0.6 is 0 Å². The molecule has 0 radical (unpaired) electrons. The first-order chi connectivity index (χ1) is 10.2. The van der Waals surface area contributed by atoms with Crippen LogP contribution in [0.15, 0.2) is 6.07 Å². The smallest absolute Gasteiger partial charge is 0.274 e. The van der Waals surface area contributed by atoms with Crippen molar-refractivity contribution >= 4 is 15.7 Å². The summed E-state index contributed by atoms with van der Waals surface area (Å²) in [7, 11) is -1.49. The average molecular weight is 327 g/mol. The predicted molar refractivity (Wildman–Crippen MR) is 85.7 cm³/mol. The van der Waals surface area contributed by atoms with Crippen LogP contribution in [0.4, 0.5) is 0 Å². The highest BCUT2D eigenvalue weighted by molar-refractivity contribution is 7.91. The van der Waals surface area contributed by atoms with Crippen LogP contribution in [0.1, 0.15) is 61.6 Å². The van der Waals surface area contributed by atoms with Gasteiger partial charge in [0.05, 0.1) is 5.25 Å². The molecule has 6 nitrogen and oxygen atoms in total. The number of aromatic nitrogens is 2. The number of nitrogens with zero attached hydrogens (tertiary/aromatic N) is 2. The summed E-state index contributed by atoms with van der Waals surface area (Å²) in [5.74, 6) is 0.0431. The van der Waals surface area contributed by atoms with E-state index in [0.29, 0.717) is 12.1 Å². The van der Waals surface area contributed by atoms with E-state index in [1.54, 1.807) is 18.0 Å². The Hall–Kier alpha value is -1.37. The molecule has 1 N–H and O–H groups in total. The molecule has 1 fully saturated rings. The molecule has 124 valence electrons. The van der Waals surface area contributed by atoms with Crippen molar-refractivity contribution in [3.8, 4) is 0 Å².